The molecule has 2 rings (SSSR count). The van der Waals surface area contributed by atoms with E-state index in [1.807, 2.05) is 6.92 Å². The smallest absolute Gasteiger partial charge is 0.142 e. The highest BCUT2D eigenvalue weighted by atomic mass is 35.5. The van der Waals surface area contributed by atoms with Gasteiger partial charge in [0.15, 0.2) is 0 Å². The normalized spacial score (nSPS) is 26.4. The molecule has 0 bridgehead atoms. The predicted octanol–water partition coefficient (Wildman–Crippen LogP) is 3.86. The molecule has 0 radical (unpaired) electrons. The third-order valence-electron chi connectivity index (χ3n) is 4.09. The summed E-state index contributed by atoms with van der Waals surface area (Å²) in [5.41, 5.74) is 6.88. The molecule has 0 spiro atoms. The molecule has 2 N–H and O–H groups in total. The van der Waals surface area contributed by atoms with Crippen molar-refractivity contribution in [1.82, 2.24) is 4.90 Å². The second kappa shape index (κ2) is 5.96. The first-order chi connectivity index (χ1) is 8.90. The number of hydrogen-bond acceptors (Lipinski definition) is 2. The minimum absolute atomic E-state index is 0.0396. The van der Waals surface area contributed by atoms with Crippen molar-refractivity contribution in [2.45, 2.75) is 32.4 Å². The number of nitrogens with zero attached hydrogens (tertiary/aromatic N) is 1. The van der Waals surface area contributed by atoms with Crippen molar-refractivity contribution < 1.29 is 4.39 Å². The summed E-state index contributed by atoms with van der Waals surface area (Å²) >= 11 is 11.9. The van der Waals surface area contributed by atoms with Crippen LogP contribution in [0.1, 0.15) is 31.9 Å². The Morgan fingerprint density at radius 2 is 2.05 bits per heavy atom. The molecule has 0 aliphatic carbocycles. The third-order valence-corrected chi connectivity index (χ3v) is 4.70. The number of hydrogen-bond donors (Lipinski definition) is 1. The van der Waals surface area contributed by atoms with E-state index in [9.17, 15) is 4.39 Å². The highest BCUT2D eigenvalue weighted by molar-refractivity contribution is 6.35. The van der Waals surface area contributed by atoms with Crippen molar-refractivity contribution in [3.63, 3.8) is 0 Å². The molecule has 19 heavy (non-hydrogen) atoms. The van der Waals surface area contributed by atoms with Crippen LogP contribution in [0.3, 0.4) is 0 Å². The fourth-order valence-corrected chi connectivity index (χ4v) is 3.07. The number of rotatable bonds is 2. The van der Waals surface area contributed by atoms with Gasteiger partial charge in [0.2, 0.25) is 0 Å². The lowest BCUT2D eigenvalue weighted by molar-refractivity contribution is 0.128. The zero-order valence-electron chi connectivity index (χ0n) is 11.2. The van der Waals surface area contributed by atoms with Crippen LogP contribution in [0.25, 0.3) is 0 Å². The monoisotopic (exact) mass is 304 g/mol. The predicted molar refractivity (Wildman–Crippen MR) is 78.2 cm³/mol. The number of benzene rings is 1. The van der Waals surface area contributed by atoms with E-state index in [4.69, 9.17) is 28.9 Å². The van der Waals surface area contributed by atoms with Gasteiger partial charge in [0.1, 0.15) is 5.82 Å². The van der Waals surface area contributed by atoms with Crippen LogP contribution in [-0.2, 0) is 0 Å². The average molecular weight is 305 g/mol. The molecule has 1 aromatic rings. The molecule has 3 atom stereocenters. The summed E-state index contributed by atoms with van der Waals surface area (Å²) in [6.45, 7) is 5.96. The summed E-state index contributed by atoms with van der Waals surface area (Å²) < 4.78 is 13.6. The maximum absolute atomic E-state index is 13.6. The molecule has 1 aliphatic rings. The van der Waals surface area contributed by atoms with Crippen LogP contribution in [0.15, 0.2) is 12.1 Å². The first kappa shape index (κ1) is 15.0. The number of piperidine rings is 1. The van der Waals surface area contributed by atoms with Gasteiger partial charge in [-0.1, -0.05) is 30.1 Å². The maximum Gasteiger partial charge on any atom is 0.142 e. The first-order valence-electron chi connectivity index (χ1n) is 6.54. The molecule has 106 valence electrons. The van der Waals surface area contributed by atoms with E-state index in [-0.39, 0.29) is 17.1 Å². The summed E-state index contributed by atoms with van der Waals surface area (Å²) in [5, 5.41) is 0.566. The van der Waals surface area contributed by atoms with E-state index in [1.54, 1.807) is 0 Å². The first-order valence-corrected chi connectivity index (χ1v) is 7.29. The van der Waals surface area contributed by atoms with Gasteiger partial charge in [-0.3, -0.25) is 4.90 Å². The standard InChI is InChI=1S/C14H19Cl2FN2/c1-8-3-4-19(7-14(8)18)9(2)10-5-13(17)12(16)6-11(10)15/h5-6,8-9,14H,3-4,7,18H2,1-2H3. The number of likely N-dealkylation sites (tertiary alicyclic amines) is 1. The lowest BCUT2D eigenvalue weighted by Gasteiger charge is -2.39. The number of halogens is 3. The number of nitrogens with two attached hydrogens (primary N) is 1. The van der Waals surface area contributed by atoms with Gasteiger partial charge in [-0.25, -0.2) is 4.39 Å². The van der Waals surface area contributed by atoms with Crippen molar-refractivity contribution in [3.05, 3.63) is 33.6 Å². The lowest BCUT2D eigenvalue weighted by Crippen LogP contribution is -2.48. The van der Waals surface area contributed by atoms with Crippen molar-refractivity contribution in [3.8, 4) is 0 Å². The SMILES string of the molecule is CC1CCN(C(C)c2cc(F)c(Cl)cc2Cl)CC1N. The molecule has 1 saturated heterocycles. The van der Waals surface area contributed by atoms with Crippen LogP contribution in [-0.4, -0.2) is 24.0 Å². The van der Waals surface area contributed by atoms with Crippen molar-refractivity contribution in [2.75, 3.05) is 13.1 Å². The third kappa shape index (κ3) is 3.22. The summed E-state index contributed by atoms with van der Waals surface area (Å²) in [4.78, 5) is 2.25. The Labute approximate surface area is 123 Å². The molecule has 1 fully saturated rings. The molecular weight excluding hydrogens is 286 g/mol. The summed E-state index contributed by atoms with van der Waals surface area (Å²) in [7, 11) is 0. The fourth-order valence-electron chi connectivity index (χ4n) is 2.53. The van der Waals surface area contributed by atoms with Crippen LogP contribution >= 0.6 is 23.2 Å². The minimum Gasteiger partial charge on any atom is -0.326 e. The van der Waals surface area contributed by atoms with Gasteiger partial charge < -0.3 is 5.73 Å². The molecule has 0 amide bonds. The van der Waals surface area contributed by atoms with Crippen LogP contribution < -0.4 is 5.73 Å². The van der Waals surface area contributed by atoms with Crippen molar-refractivity contribution >= 4 is 23.2 Å². The van der Waals surface area contributed by atoms with Crippen LogP contribution in [0.5, 0.6) is 0 Å². The molecule has 1 aromatic carbocycles. The molecule has 1 aliphatic heterocycles. The summed E-state index contributed by atoms with van der Waals surface area (Å²) in [6, 6.07) is 3.10. The highest BCUT2D eigenvalue weighted by Gasteiger charge is 2.28. The van der Waals surface area contributed by atoms with Crippen molar-refractivity contribution in [2.24, 2.45) is 11.7 Å². The topological polar surface area (TPSA) is 29.3 Å². The van der Waals surface area contributed by atoms with Crippen LogP contribution in [0.4, 0.5) is 4.39 Å². The Kier molecular flexibility index (Phi) is 4.72. The van der Waals surface area contributed by atoms with Gasteiger partial charge in [0.25, 0.3) is 0 Å². The van der Waals surface area contributed by atoms with E-state index in [0.29, 0.717) is 10.9 Å². The van der Waals surface area contributed by atoms with Gasteiger partial charge in [-0.05, 0) is 43.5 Å². The summed E-state index contributed by atoms with van der Waals surface area (Å²) in [6.07, 6.45) is 1.05. The zero-order valence-corrected chi connectivity index (χ0v) is 12.7. The van der Waals surface area contributed by atoms with Gasteiger partial charge in [0, 0.05) is 23.7 Å². The van der Waals surface area contributed by atoms with Gasteiger partial charge in [-0.15, -0.1) is 0 Å². The van der Waals surface area contributed by atoms with Gasteiger partial charge >= 0.3 is 0 Å². The zero-order chi connectivity index (χ0) is 14.2. The Morgan fingerprint density at radius 1 is 1.37 bits per heavy atom. The molecule has 2 nitrogen and oxygen atoms in total. The molecular formula is C14H19Cl2FN2. The van der Waals surface area contributed by atoms with E-state index in [0.717, 1.165) is 25.1 Å². The fraction of sp³-hybridized carbons (Fsp3) is 0.571. The highest BCUT2D eigenvalue weighted by Crippen LogP contribution is 2.33. The minimum atomic E-state index is -0.428. The van der Waals surface area contributed by atoms with E-state index < -0.39 is 5.82 Å². The Morgan fingerprint density at radius 3 is 2.68 bits per heavy atom. The molecule has 5 heteroatoms. The maximum atomic E-state index is 13.6. The molecule has 3 unspecified atom stereocenters. The van der Waals surface area contributed by atoms with Gasteiger partial charge in [-0.2, -0.15) is 0 Å². The Balaban J connectivity index is 2.20. The lowest BCUT2D eigenvalue weighted by atomic mass is 9.92. The second-order valence-electron chi connectivity index (χ2n) is 5.39. The molecule has 0 aromatic heterocycles. The van der Waals surface area contributed by atoms with E-state index in [1.165, 1.54) is 12.1 Å². The van der Waals surface area contributed by atoms with Crippen molar-refractivity contribution in [1.29, 1.82) is 0 Å². The molecule has 0 saturated carbocycles. The van der Waals surface area contributed by atoms with Gasteiger partial charge in [0.05, 0.1) is 5.02 Å². The quantitative estimate of drug-likeness (QED) is 0.841. The Bertz CT molecular complexity index is 467. The second-order valence-corrected chi connectivity index (χ2v) is 6.20. The Hall–Kier alpha value is -0.350. The van der Waals surface area contributed by atoms with E-state index >= 15 is 0 Å². The average Bonchev–Trinajstić information content (AvgIpc) is 2.36. The van der Waals surface area contributed by atoms with Crippen LogP contribution in [0, 0.1) is 11.7 Å². The van der Waals surface area contributed by atoms with Crippen LogP contribution in [0.2, 0.25) is 10.0 Å². The molecule has 1 heterocycles. The van der Waals surface area contributed by atoms with E-state index in [2.05, 4.69) is 11.8 Å². The largest absolute Gasteiger partial charge is 0.326 e. The summed E-state index contributed by atoms with van der Waals surface area (Å²) in [5.74, 6) is 0.100.